The molecule has 0 aliphatic carbocycles. The topological polar surface area (TPSA) is 59.5 Å². The van der Waals surface area contributed by atoms with Crippen LogP contribution in [0.2, 0.25) is 0 Å². The summed E-state index contributed by atoms with van der Waals surface area (Å²) >= 11 is 0. The molecule has 2 aromatic heterocycles. The standard InChI is InChI=1S/C17H16N2O3/c1-12-15(16(18-22-12)14-9-6-10-21-14)17(20)19(2)11-13-7-4-3-5-8-13/h3-10H,11H2,1-2H3. The van der Waals surface area contributed by atoms with E-state index in [0.29, 0.717) is 29.3 Å². The van der Waals surface area contributed by atoms with Crippen LogP contribution in [0.4, 0.5) is 0 Å². The average Bonchev–Trinajstić information content (AvgIpc) is 3.16. The molecule has 22 heavy (non-hydrogen) atoms. The number of rotatable bonds is 4. The minimum Gasteiger partial charge on any atom is -0.463 e. The van der Waals surface area contributed by atoms with E-state index >= 15 is 0 Å². The molecule has 0 bridgehead atoms. The molecule has 2 heterocycles. The van der Waals surface area contributed by atoms with Crippen LogP contribution in [0.25, 0.3) is 11.5 Å². The van der Waals surface area contributed by atoms with Crippen LogP contribution in [0.15, 0.2) is 57.7 Å². The van der Waals surface area contributed by atoms with Crippen molar-refractivity contribution in [3.05, 3.63) is 65.6 Å². The predicted octanol–water partition coefficient (Wildman–Crippen LogP) is 3.52. The molecule has 0 aliphatic heterocycles. The molecule has 5 heteroatoms. The van der Waals surface area contributed by atoms with Crippen molar-refractivity contribution in [1.82, 2.24) is 10.1 Å². The Morgan fingerprint density at radius 1 is 1.18 bits per heavy atom. The number of hydrogen-bond acceptors (Lipinski definition) is 4. The Balaban J connectivity index is 1.88. The third-order valence-electron chi connectivity index (χ3n) is 3.44. The van der Waals surface area contributed by atoms with Gasteiger partial charge in [-0.3, -0.25) is 4.79 Å². The van der Waals surface area contributed by atoms with Crippen molar-refractivity contribution in [3.63, 3.8) is 0 Å². The third kappa shape index (κ3) is 2.65. The Bertz CT molecular complexity index is 761. The van der Waals surface area contributed by atoms with Gasteiger partial charge in [-0.05, 0) is 24.6 Å². The van der Waals surface area contributed by atoms with Crippen LogP contribution < -0.4 is 0 Å². The molecule has 0 atom stereocenters. The van der Waals surface area contributed by atoms with Gasteiger partial charge in [0.2, 0.25) is 0 Å². The minimum absolute atomic E-state index is 0.144. The van der Waals surface area contributed by atoms with Gasteiger partial charge >= 0.3 is 0 Å². The number of aromatic nitrogens is 1. The lowest BCUT2D eigenvalue weighted by atomic mass is 10.1. The first kappa shape index (κ1) is 14.1. The highest BCUT2D eigenvalue weighted by Gasteiger charge is 2.25. The van der Waals surface area contributed by atoms with E-state index in [2.05, 4.69) is 5.16 Å². The molecule has 0 radical (unpaired) electrons. The number of amides is 1. The summed E-state index contributed by atoms with van der Waals surface area (Å²) < 4.78 is 10.5. The van der Waals surface area contributed by atoms with Crippen molar-refractivity contribution in [3.8, 4) is 11.5 Å². The van der Waals surface area contributed by atoms with Crippen molar-refractivity contribution in [2.75, 3.05) is 7.05 Å². The number of benzene rings is 1. The highest BCUT2D eigenvalue weighted by molar-refractivity contribution is 6.00. The second-order valence-electron chi connectivity index (χ2n) is 5.09. The smallest absolute Gasteiger partial charge is 0.259 e. The largest absolute Gasteiger partial charge is 0.463 e. The summed E-state index contributed by atoms with van der Waals surface area (Å²) in [5, 5.41) is 3.95. The highest BCUT2D eigenvalue weighted by atomic mass is 16.5. The molecule has 0 saturated carbocycles. The molecule has 0 spiro atoms. The van der Waals surface area contributed by atoms with Crippen LogP contribution in [0.1, 0.15) is 21.7 Å². The minimum atomic E-state index is -0.144. The Labute approximate surface area is 128 Å². The molecule has 1 amide bonds. The molecule has 0 fully saturated rings. The van der Waals surface area contributed by atoms with Crippen LogP contribution in [0.3, 0.4) is 0 Å². The first-order valence-corrected chi connectivity index (χ1v) is 6.96. The third-order valence-corrected chi connectivity index (χ3v) is 3.44. The molecule has 0 aliphatic rings. The number of hydrogen-bond donors (Lipinski definition) is 0. The Hall–Kier alpha value is -2.82. The SMILES string of the molecule is Cc1onc(-c2ccco2)c1C(=O)N(C)Cc1ccccc1. The number of carbonyl (C=O) groups excluding carboxylic acids is 1. The van der Waals surface area contributed by atoms with Crippen LogP contribution in [-0.4, -0.2) is 23.0 Å². The number of nitrogens with zero attached hydrogens (tertiary/aromatic N) is 2. The molecule has 0 N–H and O–H groups in total. The lowest BCUT2D eigenvalue weighted by molar-refractivity contribution is 0.0784. The van der Waals surface area contributed by atoms with Gasteiger partial charge in [0.25, 0.3) is 5.91 Å². The zero-order valence-corrected chi connectivity index (χ0v) is 12.4. The van der Waals surface area contributed by atoms with Gasteiger partial charge in [0.15, 0.2) is 11.5 Å². The van der Waals surface area contributed by atoms with Crippen LogP contribution in [-0.2, 0) is 6.54 Å². The monoisotopic (exact) mass is 296 g/mol. The van der Waals surface area contributed by atoms with E-state index in [1.165, 1.54) is 0 Å². The summed E-state index contributed by atoms with van der Waals surface area (Å²) in [4.78, 5) is 14.4. The fraction of sp³-hybridized carbons (Fsp3) is 0.176. The summed E-state index contributed by atoms with van der Waals surface area (Å²) in [6.45, 7) is 2.24. The maximum absolute atomic E-state index is 12.7. The van der Waals surface area contributed by atoms with Gasteiger partial charge in [-0.1, -0.05) is 35.5 Å². The van der Waals surface area contributed by atoms with Gasteiger partial charge < -0.3 is 13.8 Å². The van der Waals surface area contributed by atoms with E-state index in [0.717, 1.165) is 5.56 Å². The Kier molecular flexibility index (Phi) is 3.78. The molecular formula is C17H16N2O3. The fourth-order valence-electron chi connectivity index (χ4n) is 2.33. The molecule has 3 aromatic rings. The summed E-state index contributed by atoms with van der Waals surface area (Å²) in [7, 11) is 1.76. The highest BCUT2D eigenvalue weighted by Crippen LogP contribution is 2.26. The maximum Gasteiger partial charge on any atom is 0.259 e. The van der Waals surface area contributed by atoms with Gasteiger partial charge in [-0.25, -0.2) is 0 Å². The average molecular weight is 296 g/mol. The van der Waals surface area contributed by atoms with Gasteiger partial charge in [0.05, 0.1) is 6.26 Å². The number of furan rings is 1. The summed E-state index contributed by atoms with van der Waals surface area (Å²) in [5.74, 6) is 0.860. The molecule has 3 rings (SSSR count). The molecule has 0 saturated heterocycles. The predicted molar refractivity (Wildman–Crippen MR) is 81.2 cm³/mol. The van der Waals surface area contributed by atoms with Gasteiger partial charge in [0, 0.05) is 13.6 Å². The fourth-order valence-corrected chi connectivity index (χ4v) is 2.33. The lowest BCUT2D eigenvalue weighted by Crippen LogP contribution is -2.26. The second-order valence-corrected chi connectivity index (χ2v) is 5.09. The van der Waals surface area contributed by atoms with E-state index in [-0.39, 0.29) is 5.91 Å². The first-order chi connectivity index (χ1) is 10.7. The number of aryl methyl sites for hydroxylation is 1. The van der Waals surface area contributed by atoms with Crippen LogP contribution >= 0.6 is 0 Å². The zero-order chi connectivity index (χ0) is 15.5. The maximum atomic E-state index is 12.7. The van der Waals surface area contributed by atoms with E-state index < -0.39 is 0 Å². The van der Waals surface area contributed by atoms with Crippen LogP contribution in [0.5, 0.6) is 0 Å². The molecule has 5 nitrogen and oxygen atoms in total. The van der Waals surface area contributed by atoms with Crippen molar-refractivity contribution in [2.24, 2.45) is 0 Å². The zero-order valence-electron chi connectivity index (χ0n) is 12.4. The first-order valence-electron chi connectivity index (χ1n) is 6.96. The van der Waals surface area contributed by atoms with Gasteiger partial charge in [0.1, 0.15) is 11.3 Å². The van der Waals surface area contributed by atoms with E-state index in [4.69, 9.17) is 8.94 Å². The van der Waals surface area contributed by atoms with E-state index in [1.54, 1.807) is 37.3 Å². The van der Waals surface area contributed by atoms with Gasteiger partial charge in [-0.2, -0.15) is 0 Å². The second kappa shape index (κ2) is 5.89. The summed E-state index contributed by atoms with van der Waals surface area (Å²) in [5.41, 5.74) is 1.94. The normalized spacial score (nSPS) is 10.6. The molecular weight excluding hydrogens is 280 g/mol. The molecule has 1 aromatic carbocycles. The van der Waals surface area contributed by atoms with Crippen molar-refractivity contribution >= 4 is 5.91 Å². The summed E-state index contributed by atoms with van der Waals surface area (Å²) in [6.07, 6.45) is 1.54. The number of carbonyl (C=O) groups is 1. The van der Waals surface area contributed by atoms with E-state index in [1.807, 2.05) is 30.3 Å². The summed E-state index contributed by atoms with van der Waals surface area (Å²) in [6, 6.07) is 13.3. The van der Waals surface area contributed by atoms with Crippen molar-refractivity contribution < 1.29 is 13.7 Å². The Morgan fingerprint density at radius 3 is 2.64 bits per heavy atom. The molecule has 0 unspecified atom stereocenters. The molecule has 112 valence electrons. The quantitative estimate of drug-likeness (QED) is 0.739. The van der Waals surface area contributed by atoms with Crippen molar-refractivity contribution in [2.45, 2.75) is 13.5 Å². The van der Waals surface area contributed by atoms with Gasteiger partial charge in [-0.15, -0.1) is 0 Å². The van der Waals surface area contributed by atoms with Crippen molar-refractivity contribution in [1.29, 1.82) is 0 Å². The van der Waals surface area contributed by atoms with E-state index in [9.17, 15) is 4.79 Å². The van der Waals surface area contributed by atoms with Crippen LogP contribution in [0, 0.1) is 6.92 Å². The lowest BCUT2D eigenvalue weighted by Gasteiger charge is -2.17. The Morgan fingerprint density at radius 2 is 1.95 bits per heavy atom.